The van der Waals surface area contributed by atoms with Gasteiger partial charge in [0.1, 0.15) is 0 Å². The van der Waals surface area contributed by atoms with Crippen LogP contribution in [-0.2, 0) is 4.79 Å². The van der Waals surface area contributed by atoms with Gasteiger partial charge in [0.25, 0.3) is 5.91 Å². The number of carbonyl (C=O) groups excluding carboxylic acids is 2. The van der Waals surface area contributed by atoms with Crippen LogP contribution >= 0.6 is 0 Å². The Kier molecular flexibility index (Phi) is 6.22. The molecule has 0 heterocycles. The number of hydrogen-bond acceptors (Lipinski definition) is 4. The lowest BCUT2D eigenvalue weighted by molar-refractivity contribution is -0.128. The van der Waals surface area contributed by atoms with Crippen molar-refractivity contribution in [3.8, 4) is 11.5 Å². The molecule has 0 bridgehead atoms. The number of ether oxygens (including phenoxy) is 2. The molecule has 0 aliphatic rings. The molecule has 122 valence electrons. The molecule has 6 heteroatoms. The van der Waals surface area contributed by atoms with Crippen LogP contribution in [0.3, 0.4) is 0 Å². The van der Waals surface area contributed by atoms with Gasteiger partial charge in [0.05, 0.1) is 14.2 Å². The number of nitrogens with one attached hydrogen (secondary N) is 2. The predicted octanol–water partition coefficient (Wildman–Crippen LogP) is 1.60. The molecule has 0 spiro atoms. The second-order valence-electron chi connectivity index (χ2n) is 5.83. The Morgan fingerprint density at radius 2 is 1.59 bits per heavy atom. The highest BCUT2D eigenvalue weighted by Crippen LogP contribution is 2.27. The summed E-state index contributed by atoms with van der Waals surface area (Å²) < 4.78 is 10.3. The molecule has 0 saturated carbocycles. The highest BCUT2D eigenvalue weighted by atomic mass is 16.5. The molecule has 1 aromatic rings. The van der Waals surface area contributed by atoms with E-state index in [0.717, 1.165) is 0 Å². The fourth-order valence-electron chi connectivity index (χ4n) is 1.70. The maximum absolute atomic E-state index is 12.0. The normalized spacial score (nSPS) is 10.8. The Morgan fingerprint density at radius 3 is 2.14 bits per heavy atom. The number of hydrogen-bond donors (Lipinski definition) is 2. The molecule has 0 aromatic heterocycles. The predicted molar refractivity (Wildman–Crippen MR) is 84.3 cm³/mol. The van der Waals surface area contributed by atoms with Crippen molar-refractivity contribution >= 4 is 11.8 Å². The molecule has 0 atom stereocenters. The molecule has 2 N–H and O–H groups in total. The van der Waals surface area contributed by atoms with Gasteiger partial charge in [-0.25, -0.2) is 0 Å². The highest BCUT2D eigenvalue weighted by molar-refractivity contribution is 5.94. The second-order valence-corrected chi connectivity index (χ2v) is 5.83. The average molecular weight is 308 g/mol. The number of methoxy groups -OCH3 is 2. The molecule has 0 fully saturated rings. The van der Waals surface area contributed by atoms with Gasteiger partial charge >= 0.3 is 0 Å². The van der Waals surface area contributed by atoms with Crippen molar-refractivity contribution in [2.24, 2.45) is 5.41 Å². The summed E-state index contributed by atoms with van der Waals surface area (Å²) in [7, 11) is 3.05. The number of amides is 2. The van der Waals surface area contributed by atoms with Gasteiger partial charge in [-0.1, -0.05) is 20.8 Å². The quantitative estimate of drug-likeness (QED) is 0.783. The summed E-state index contributed by atoms with van der Waals surface area (Å²) in [6.07, 6.45) is 0. The number of carbonyl (C=O) groups is 2. The van der Waals surface area contributed by atoms with Crippen molar-refractivity contribution in [1.29, 1.82) is 0 Å². The first-order chi connectivity index (χ1) is 10.3. The van der Waals surface area contributed by atoms with Crippen molar-refractivity contribution in [3.63, 3.8) is 0 Å². The first kappa shape index (κ1) is 17.8. The Morgan fingerprint density at radius 1 is 1.00 bits per heavy atom. The molecular weight excluding hydrogens is 284 g/mol. The number of benzene rings is 1. The van der Waals surface area contributed by atoms with Gasteiger partial charge in [0.15, 0.2) is 11.5 Å². The van der Waals surface area contributed by atoms with E-state index in [0.29, 0.717) is 30.2 Å². The van der Waals surface area contributed by atoms with E-state index in [2.05, 4.69) is 10.6 Å². The fraction of sp³-hybridized carbons (Fsp3) is 0.500. The van der Waals surface area contributed by atoms with Crippen LogP contribution in [0.1, 0.15) is 31.1 Å². The van der Waals surface area contributed by atoms with E-state index in [1.165, 1.54) is 14.2 Å². The van der Waals surface area contributed by atoms with Gasteiger partial charge in [0.2, 0.25) is 5.91 Å². The van der Waals surface area contributed by atoms with Gasteiger partial charge in [-0.15, -0.1) is 0 Å². The molecule has 0 unspecified atom stereocenters. The second kappa shape index (κ2) is 7.68. The molecule has 0 aliphatic carbocycles. The standard InChI is InChI=1S/C16H24N2O4/c1-16(2,3)15(20)18-9-8-17-14(19)11-6-7-12(21-4)13(10-11)22-5/h6-7,10H,8-9H2,1-5H3,(H,17,19)(H,18,20). The van der Waals surface area contributed by atoms with Gasteiger partial charge in [-0.05, 0) is 18.2 Å². The van der Waals surface area contributed by atoms with Crippen LogP contribution in [-0.4, -0.2) is 39.1 Å². The lowest BCUT2D eigenvalue weighted by Gasteiger charge is -2.17. The largest absolute Gasteiger partial charge is 0.493 e. The summed E-state index contributed by atoms with van der Waals surface area (Å²) in [6.45, 7) is 6.25. The van der Waals surface area contributed by atoms with E-state index in [1.807, 2.05) is 20.8 Å². The molecule has 6 nitrogen and oxygen atoms in total. The summed E-state index contributed by atoms with van der Waals surface area (Å²) >= 11 is 0. The molecule has 1 rings (SSSR count). The van der Waals surface area contributed by atoms with E-state index < -0.39 is 5.41 Å². The molecule has 0 aliphatic heterocycles. The first-order valence-electron chi connectivity index (χ1n) is 7.08. The summed E-state index contributed by atoms with van der Waals surface area (Å²) in [5.74, 6) is 0.784. The lowest BCUT2D eigenvalue weighted by Crippen LogP contribution is -2.39. The summed E-state index contributed by atoms with van der Waals surface area (Å²) in [5.41, 5.74) is 0.0349. The van der Waals surface area contributed by atoms with E-state index >= 15 is 0 Å². The van der Waals surface area contributed by atoms with Crippen molar-refractivity contribution in [2.75, 3.05) is 27.3 Å². The Labute approximate surface area is 131 Å². The van der Waals surface area contributed by atoms with Crippen LogP contribution in [0.25, 0.3) is 0 Å². The van der Waals surface area contributed by atoms with Crippen LogP contribution in [0.4, 0.5) is 0 Å². The molecule has 1 aromatic carbocycles. The average Bonchev–Trinajstić information content (AvgIpc) is 2.49. The smallest absolute Gasteiger partial charge is 0.251 e. The molecule has 2 amide bonds. The van der Waals surface area contributed by atoms with Gasteiger partial charge in [-0.2, -0.15) is 0 Å². The molecule has 0 radical (unpaired) electrons. The maximum Gasteiger partial charge on any atom is 0.251 e. The zero-order valence-corrected chi connectivity index (χ0v) is 13.8. The Hall–Kier alpha value is -2.24. The summed E-state index contributed by atoms with van der Waals surface area (Å²) in [4.78, 5) is 23.7. The SMILES string of the molecule is COc1ccc(C(=O)NCCNC(=O)C(C)(C)C)cc1OC. The van der Waals surface area contributed by atoms with Crippen molar-refractivity contribution < 1.29 is 19.1 Å². The van der Waals surface area contributed by atoms with Gasteiger partial charge < -0.3 is 20.1 Å². The monoisotopic (exact) mass is 308 g/mol. The van der Waals surface area contributed by atoms with Crippen LogP contribution in [0, 0.1) is 5.41 Å². The minimum atomic E-state index is -0.437. The van der Waals surface area contributed by atoms with Crippen LogP contribution in [0.2, 0.25) is 0 Å². The van der Waals surface area contributed by atoms with Gasteiger partial charge in [-0.3, -0.25) is 9.59 Å². The molecular formula is C16H24N2O4. The fourth-order valence-corrected chi connectivity index (χ4v) is 1.70. The van der Waals surface area contributed by atoms with Crippen LogP contribution in [0.5, 0.6) is 11.5 Å². The lowest BCUT2D eigenvalue weighted by atomic mass is 9.96. The van der Waals surface area contributed by atoms with Crippen molar-refractivity contribution in [1.82, 2.24) is 10.6 Å². The van der Waals surface area contributed by atoms with E-state index in [1.54, 1.807) is 18.2 Å². The topological polar surface area (TPSA) is 76.7 Å². The molecule has 0 saturated heterocycles. The highest BCUT2D eigenvalue weighted by Gasteiger charge is 2.20. The number of rotatable bonds is 6. The van der Waals surface area contributed by atoms with Gasteiger partial charge in [0, 0.05) is 24.1 Å². The minimum Gasteiger partial charge on any atom is -0.493 e. The summed E-state index contributed by atoms with van der Waals surface area (Å²) in [5, 5.41) is 5.52. The van der Waals surface area contributed by atoms with E-state index in [4.69, 9.17) is 9.47 Å². The Balaban J connectivity index is 2.51. The van der Waals surface area contributed by atoms with Crippen LogP contribution in [0.15, 0.2) is 18.2 Å². The third-order valence-electron chi connectivity index (χ3n) is 3.02. The first-order valence-corrected chi connectivity index (χ1v) is 7.08. The summed E-state index contributed by atoms with van der Waals surface area (Å²) in [6, 6.07) is 4.95. The van der Waals surface area contributed by atoms with E-state index in [-0.39, 0.29) is 11.8 Å². The van der Waals surface area contributed by atoms with Crippen molar-refractivity contribution in [3.05, 3.63) is 23.8 Å². The minimum absolute atomic E-state index is 0.0483. The zero-order valence-electron chi connectivity index (χ0n) is 13.8. The third-order valence-corrected chi connectivity index (χ3v) is 3.02. The zero-order chi connectivity index (χ0) is 16.8. The molecule has 22 heavy (non-hydrogen) atoms. The van der Waals surface area contributed by atoms with Crippen molar-refractivity contribution in [2.45, 2.75) is 20.8 Å². The van der Waals surface area contributed by atoms with Crippen LogP contribution < -0.4 is 20.1 Å². The third kappa shape index (κ3) is 4.95. The maximum atomic E-state index is 12.0. The Bertz CT molecular complexity index is 535. The van der Waals surface area contributed by atoms with E-state index in [9.17, 15) is 9.59 Å².